The van der Waals surface area contributed by atoms with E-state index in [1.165, 1.54) is 16.5 Å². The van der Waals surface area contributed by atoms with Crippen molar-refractivity contribution < 1.29 is 4.79 Å². The Bertz CT molecular complexity index is 411. The summed E-state index contributed by atoms with van der Waals surface area (Å²) in [4.78, 5) is 16.9. The lowest BCUT2D eigenvalue weighted by Crippen LogP contribution is -2.47. The van der Waals surface area contributed by atoms with Crippen molar-refractivity contribution in [3.05, 3.63) is 33.4 Å². The first kappa shape index (κ1) is 14.9. The minimum atomic E-state index is 0.236. The van der Waals surface area contributed by atoms with Gasteiger partial charge in [-0.15, -0.1) is 0 Å². The molecule has 0 amide bonds. The van der Waals surface area contributed by atoms with Gasteiger partial charge in [0, 0.05) is 35.3 Å². The summed E-state index contributed by atoms with van der Waals surface area (Å²) in [7, 11) is 0. The zero-order valence-corrected chi connectivity index (χ0v) is 13.6. The van der Waals surface area contributed by atoms with Crippen molar-refractivity contribution in [2.75, 3.05) is 39.3 Å². The average Bonchev–Trinajstić information content (AvgIpc) is 2.42. The van der Waals surface area contributed by atoms with E-state index in [0.29, 0.717) is 6.54 Å². The van der Waals surface area contributed by atoms with E-state index < -0.39 is 0 Å². The summed E-state index contributed by atoms with van der Waals surface area (Å²) in [5.41, 5.74) is 0.830. The predicted molar refractivity (Wildman–Crippen MR) is 86.7 cm³/mol. The summed E-state index contributed by atoms with van der Waals surface area (Å²) in [5, 5.41) is 0. The molecule has 1 aromatic rings. The zero-order chi connectivity index (χ0) is 13.7. The summed E-state index contributed by atoms with van der Waals surface area (Å²) < 4.78 is 1.17. The Morgan fingerprint density at radius 3 is 2.26 bits per heavy atom. The number of ketones is 1. The highest BCUT2D eigenvalue weighted by Crippen LogP contribution is 2.09. The third kappa shape index (κ3) is 4.54. The van der Waals surface area contributed by atoms with Gasteiger partial charge in [0.15, 0.2) is 5.78 Å². The van der Waals surface area contributed by atoms with Gasteiger partial charge in [0.2, 0.25) is 0 Å². The van der Waals surface area contributed by atoms with Gasteiger partial charge in [-0.25, -0.2) is 0 Å². The highest BCUT2D eigenvalue weighted by Gasteiger charge is 2.18. The molecule has 4 heteroatoms. The average molecular weight is 372 g/mol. The van der Waals surface area contributed by atoms with Gasteiger partial charge in [0.1, 0.15) is 0 Å². The Balaban J connectivity index is 1.82. The number of rotatable bonds is 5. The van der Waals surface area contributed by atoms with E-state index in [4.69, 9.17) is 0 Å². The monoisotopic (exact) mass is 372 g/mol. The minimum absolute atomic E-state index is 0.236. The van der Waals surface area contributed by atoms with Crippen LogP contribution >= 0.6 is 22.6 Å². The molecule has 1 saturated heterocycles. The lowest BCUT2D eigenvalue weighted by molar-refractivity contribution is 0.0853. The molecule has 104 valence electrons. The molecule has 1 aliphatic rings. The molecule has 0 unspecified atom stereocenters. The molecule has 0 N–H and O–H groups in total. The fourth-order valence-corrected chi connectivity index (χ4v) is 2.78. The molecular weight excluding hydrogens is 351 g/mol. The molecule has 0 spiro atoms. The summed E-state index contributed by atoms with van der Waals surface area (Å²) >= 11 is 2.26. The number of halogens is 1. The first-order valence-corrected chi connectivity index (χ1v) is 8.00. The Morgan fingerprint density at radius 2 is 1.68 bits per heavy atom. The van der Waals surface area contributed by atoms with E-state index in [1.807, 2.05) is 24.3 Å². The van der Waals surface area contributed by atoms with Crippen LogP contribution in [0.3, 0.4) is 0 Å². The number of benzene rings is 1. The number of hydrogen-bond acceptors (Lipinski definition) is 3. The molecule has 0 aliphatic carbocycles. The highest BCUT2D eigenvalue weighted by molar-refractivity contribution is 14.1. The van der Waals surface area contributed by atoms with Crippen molar-refractivity contribution in [1.82, 2.24) is 9.80 Å². The second-order valence-electron chi connectivity index (χ2n) is 5.05. The lowest BCUT2D eigenvalue weighted by Gasteiger charge is -2.34. The molecule has 1 aliphatic heterocycles. The Hall–Kier alpha value is -0.460. The van der Waals surface area contributed by atoms with Crippen molar-refractivity contribution >= 4 is 28.4 Å². The van der Waals surface area contributed by atoms with Crippen molar-refractivity contribution in [2.24, 2.45) is 0 Å². The van der Waals surface area contributed by atoms with Crippen LogP contribution in [0.25, 0.3) is 0 Å². The molecule has 1 heterocycles. The van der Waals surface area contributed by atoms with E-state index in [1.54, 1.807) is 0 Å². The second-order valence-corrected chi connectivity index (χ2v) is 6.29. The SMILES string of the molecule is CCCN1CCN(CC(=O)c2ccc(I)cc2)CC1. The summed E-state index contributed by atoms with van der Waals surface area (Å²) in [5.74, 6) is 0.236. The van der Waals surface area contributed by atoms with E-state index in [0.717, 1.165) is 31.7 Å². The number of carbonyl (C=O) groups is 1. The number of piperazine rings is 1. The Labute approximate surface area is 129 Å². The van der Waals surface area contributed by atoms with E-state index in [-0.39, 0.29) is 5.78 Å². The van der Waals surface area contributed by atoms with Crippen LogP contribution in [0.15, 0.2) is 24.3 Å². The van der Waals surface area contributed by atoms with Crippen LogP contribution < -0.4 is 0 Å². The van der Waals surface area contributed by atoms with Crippen LogP contribution in [-0.4, -0.2) is 54.9 Å². The first-order valence-electron chi connectivity index (χ1n) is 6.92. The summed E-state index contributed by atoms with van der Waals surface area (Å²) in [6.45, 7) is 8.15. The standard InChI is InChI=1S/C15H21IN2O/c1-2-7-17-8-10-18(11-9-17)12-15(19)13-3-5-14(16)6-4-13/h3-6H,2,7-12H2,1H3. The lowest BCUT2D eigenvalue weighted by atomic mass is 10.1. The molecule has 0 atom stereocenters. The molecular formula is C15H21IN2O. The van der Waals surface area contributed by atoms with Gasteiger partial charge in [-0.3, -0.25) is 9.69 Å². The van der Waals surface area contributed by atoms with Crippen molar-refractivity contribution in [3.63, 3.8) is 0 Å². The van der Waals surface area contributed by atoms with Gasteiger partial charge in [-0.05, 0) is 47.7 Å². The van der Waals surface area contributed by atoms with E-state index >= 15 is 0 Å². The van der Waals surface area contributed by atoms with E-state index in [9.17, 15) is 4.79 Å². The van der Waals surface area contributed by atoms with Gasteiger partial charge in [-0.1, -0.05) is 19.1 Å². The molecule has 0 aromatic heterocycles. The Morgan fingerprint density at radius 1 is 1.11 bits per heavy atom. The topological polar surface area (TPSA) is 23.6 Å². The number of nitrogens with zero attached hydrogens (tertiary/aromatic N) is 2. The summed E-state index contributed by atoms with van der Waals surface area (Å²) in [6.07, 6.45) is 1.21. The summed E-state index contributed by atoms with van der Waals surface area (Å²) in [6, 6.07) is 7.84. The van der Waals surface area contributed by atoms with E-state index in [2.05, 4.69) is 39.3 Å². The van der Waals surface area contributed by atoms with Gasteiger partial charge >= 0.3 is 0 Å². The number of carbonyl (C=O) groups excluding carboxylic acids is 1. The molecule has 2 rings (SSSR count). The van der Waals surface area contributed by atoms with Crippen molar-refractivity contribution in [1.29, 1.82) is 0 Å². The zero-order valence-electron chi connectivity index (χ0n) is 11.4. The third-order valence-corrected chi connectivity index (χ3v) is 4.26. The molecule has 0 saturated carbocycles. The Kier molecular flexibility index (Phi) is 5.78. The van der Waals surface area contributed by atoms with Crippen LogP contribution in [0.2, 0.25) is 0 Å². The fraction of sp³-hybridized carbons (Fsp3) is 0.533. The first-order chi connectivity index (χ1) is 9.19. The molecule has 0 bridgehead atoms. The van der Waals surface area contributed by atoms with Gasteiger partial charge in [0.25, 0.3) is 0 Å². The maximum atomic E-state index is 12.2. The largest absolute Gasteiger partial charge is 0.301 e. The molecule has 0 radical (unpaired) electrons. The number of hydrogen-bond donors (Lipinski definition) is 0. The van der Waals surface area contributed by atoms with Gasteiger partial charge in [-0.2, -0.15) is 0 Å². The molecule has 1 aromatic carbocycles. The molecule has 19 heavy (non-hydrogen) atoms. The van der Waals surface area contributed by atoms with Crippen molar-refractivity contribution in [3.8, 4) is 0 Å². The number of Topliss-reactive ketones (excluding diaryl/α,β-unsaturated/α-hetero) is 1. The van der Waals surface area contributed by atoms with Crippen molar-refractivity contribution in [2.45, 2.75) is 13.3 Å². The third-order valence-electron chi connectivity index (χ3n) is 3.54. The smallest absolute Gasteiger partial charge is 0.176 e. The van der Waals surface area contributed by atoms with Crippen LogP contribution in [0.5, 0.6) is 0 Å². The molecule has 1 fully saturated rings. The van der Waals surface area contributed by atoms with Crippen LogP contribution in [0.4, 0.5) is 0 Å². The normalized spacial score (nSPS) is 17.6. The highest BCUT2D eigenvalue weighted by atomic mass is 127. The van der Waals surface area contributed by atoms with Crippen LogP contribution in [0.1, 0.15) is 23.7 Å². The van der Waals surface area contributed by atoms with Gasteiger partial charge in [0.05, 0.1) is 6.54 Å². The molecule has 3 nitrogen and oxygen atoms in total. The second kappa shape index (κ2) is 7.36. The quantitative estimate of drug-likeness (QED) is 0.586. The maximum Gasteiger partial charge on any atom is 0.176 e. The predicted octanol–water partition coefficient (Wildman–Crippen LogP) is 2.50. The van der Waals surface area contributed by atoms with Gasteiger partial charge < -0.3 is 4.90 Å². The maximum absolute atomic E-state index is 12.2. The minimum Gasteiger partial charge on any atom is -0.301 e. The van der Waals surface area contributed by atoms with Crippen LogP contribution in [-0.2, 0) is 0 Å². The fourth-order valence-electron chi connectivity index (χ4n) is 2.42. The van der Waals surface area contributed by atoms with Crippen LogP contribution in [0, 0.1) is 3.57 Å².